The van der Waals surface area contributed by atoms with Crippen LogP contribution in [-0.4, -0.2) is 22.0 Å². The second kappa shape index (κ2) is 4.61. The normalized spacial score (nSPS) is 10.8. The zero-order valence-corrected chi connectivity index (χ0v) is 10.7. The van der Waals surface area contributed by atoms with Crippen LogP contribution in [0, 0.1) is 0 Å². The van der Waals surface area contributed by atoms with Gasteiger partial charge in [-0.05, 0) is 29.8 Å². The minimum Gasteiger partial charge on any atom is -0.399 e. The van der Waals surface area contributed by atoms with Crippen molar-refractivity contribution < 1.29 is 0 Å². The molecule has 0 saturated carbocycles. The maximum absolute atomic E-state index is 5.76. The van der Waals surface area contributed by atoms with E-state index in [2.05, 4.69) is 15.0 Å². The summed E-state index contributed by atoms with van der Waals surface area (Å²) in [7, 11) is 1.99. The van der Waals surface area contributed by atoms with Crippen LogP contribution < -0.4 is 10.6 Å². The minimum atomic E-state index is 0.734. The summed E-state index contributed by atoms with van der Waals surface area (Å²) in [6, 6.07) is 9.65. The van der Waals surface area contributed by atoms with Crippen molar-refractivity contribution in [2.75, 3.05) is 17.7 Å². The van der Waals surface area contributed by atoms with Crippen molar-refractivity contribution in [1.82, 2.24) is 15.0 Å². The maximum Gasteiger partial charge on any atom is 0.203 e. The lowest BCUT2D eigenvalue weighted by Crippen LogP contribution is -2.17. The Hall–Kier alpha value is -2.56. The van der Waals surface area contributed by atoms with Gasteiger partial charge in [-0.25, -0.2) is 4.98 Å². The molecule has 0 atom stereocenters. The molecule has 0 fully saturated rings. The summed E-state index contributed by atoms with van der Waals surface area (Å²) in [4.78, 5) is 14.0. The molecule has 96 valence electrons. The van der Waals surface area contributed by atoms with Crippen LogP contribution in [0.25, 0.3) is 11.0 Å². The average Bonchev–Trinajstić information content (AvgIpc) is 2.83. The van der Waals surface area contributed by atoms with Crippen LogP contribution in [0.5, 0.6) is 0 Å². The van der Waals surface area contributed by atoms with Gasteiger partial charge in [-0.1, -0.05) is 6.07 Å². The van der Waals surface area contributed by atoms with Gasteiger partial charge in [0, 0.05) is 31.7 Å². The number of H-pyrrole nitrogens is 1. The summed E-state index contributed by atoms with van der Waals surface area (Å²) in [6.45, 7) is 0.753. The Morgan fingerprint density at radius 3 is 3.00 bits per heavy atom. The minimum absolute atomic E-state index is 0.734. The van der Waals surface area contributed by atoms with Gasteiger partial charge >= 0.3 is 0 Å². The Bertz CT molecular complexity index is 689. The Kier molecular flexibility index (Phi) is 2.79. The largest absolute Gasteiger partial charge is 0.399 e. The molecule has 2 aromatic heterocycles. The number of rotatable bonds is 3. The van der Waals surface area contributed by atoms with Gasteiger partial charge in [0.1, 0.15) is 0 Å². The predicted octanol–water partition coefficient (Wildman–Crippen LogP) is 2.18. The number of imidazole rings is 1. The van der Waals surface area contributed by atoms with E-state index in [9.17, 15) is 0 Å². The van der Waals surface area contributed by atoms with Crippen LogP contribution in [0.2, 0.25) is 0 Å². The summed E-state index contributed by atoms with van der Waals surface area (Å²) in [5.41, 5.74) is 9.51. The van der Waals surface area contributed by atoms with Gasteiger partial charge in [-0.2, -0.15) is 0 Å². The highest BCUT2D eigenvalue weighted by Crippen LogP contribution is 2.19. The van der Waals surface area contributed by atoms with Crippen LogP contribution >= 0.6 is 0 Å². The number of aromatic nitrogens is 3. The third kappa shape index (κ3) is 2.35. The molecule has 0 spiro atoms. The van der Waals surface area contributed by atoms with Crippen LogP contribution in [0.15, 0.2) is 42.7 Å². The summed E-state index contributed by atoms with van der Waals surface area (Å²) in [5.74, 6) is 0.824. The highest BCUT2D eigenvalue weighted by atomic mass is 15.2. The molecule has 3 rings (SSSR count). The number of fused-ring (bicyclic) bond motifs is 1. The molecule has 0 unspecified atom stereocenters. The second-order valence-electron chi connectivity index (χ2n) is 4.55. The van der Waals surface area contributed by atoms with Crippen molar-refractivity contribution in [3.8, 4) is 0 Å². The molecule has 1 aromatic carbocycles. The third-order valence-corrected chi connectivity index (χ3v) is 3.00. The zero-order chi connectivity index (χ0) is 13.2. The maximum atomic E-state index is 5.76. The molecular weight excluding hydrogens is 238 g/mol. The van der Waals surface area contributed by atoms with Crippen molar-refractivity contribution in [3.05, 3.63) is 48.3 Å². The van der Waals surface area contributed by atoms with Gasteiger partial charge in [-0.15, -0.1) is 0 Å². The number of nitrogens with two attached hydrogens (primary N) is 1. The van der Waals surface area contributed by atoms with Crippen molar-refractivity contribution in [3.63, 3.8) is 0 Å². The summed E-state index contributed by atoms with van der Waals surface area (Å²) in [6.07, 6.45) is 3.63. The highest BCUT2D eigenvalue weighted by Gasteiger charge is 2.08. The van der Waals surface area contributed by atoms with Crippen LogP contribution in [0.4, 0.5) is 11.6 Å². The van der Waals surface area contributed by atoms with E-state index in [-0.39, 0.29) is 0 Å². The molecule has 0 aliphatic rings. The molecule has 0 radical (unpaired) electrons. The van der Waals surface area contributed by atoms with E-state index in [0.29, 0.717) is 0 Å². The highest BCUT2D eigenvalue weighted by molar-refractivity contribution is 5.80. The number of nitrogens with zero attached hydrogens (tertiary/aromatic N) is 3. The first kappa shape index (κ1) is 11.5. The van der Waals surface area contributed by atoms with Gasteiger partial charge in [0.25, 0.3) is 0 Å². The second-order valence-corrected chi connectivity index (χ2v) is 4.55. The monoisotopic (exact) mass is 253 g/mol. The molecule has 0 saturated heterocycles. The van der Waals surface area contributed by atoms with Gasteiger partial charge in [-0.3, -0.25) is 4.98 Å². The molecule has 19 heavy (non-hydrogen) atoms. The molecule has 5 nitrogen and oxygen atoms in total. The van der Waals surface area contributed by atoms with Crippen molar-refractivity contribution >= 4 is 22.7 Å². The predicted molar refractivity (Wildman–Crippen MR) is 76.9 cm³/mol. The lowest BCUT2D eigenvalue weighted by Gasteiger charge is -2.15. The number of anilines is 2. The number of nitrogens with one attached hydrogen (secondary N) is 1. The van der Waals surface area contributed by atoms with E-state index in [0.717, 1.165) is 34.8 Å². The van der Waals surface area contributed by atoms with E-state index in [1.54, 1.807) is 6.20 Å². The molecule has 0 aliphatic heterocycles. The summed E-state index contributed by atoms with van der Waals surface area (Å²) in [5, 5.41) is 0. The van der Waals surface area contributed by atoms with E-state index < -0.39 is 0 Å². The molecule has 2 heterocycles. The van der Waals surface area contributed by atoms with Crippen molar-refractivity contribution in [1.29, 1.82) is 0 Å². The summed E-state index contributed by atoms with van der Waals surface area (Å²) < 4.78 is 0. The third-order valence-electron chi connectivity index (χ3n) is 3.00. The number of benzene rings is 1. The Morgan fingerprint density at radius 1 is 1.32 bits per heavy atom. The molecule has 3 aromatic rings. The molecule has 0 amide bonds. The van der Waals surface area contributed by atoms with E-state index in [1.165, 1.54) is 0 Å². The van der Waals surface area contributed by atoms with Crippen molar-refractivity contribution in [2.24, 2.45) is 0 Å². The van der Waals surface area contributed by atoms with Crippen LogP contribution in [-0.2, 0) is 6.54 Å². The van der Waals surface area contributed by atoms with Crippen molar-refractivity contribution in [2.45, 2.75) is 6.54 Å². The lowest BCUT2D eigenvalue weighted by molar-refractivity contribution is 0.879. The molecule has 5 heteroatoms. The number of pyridine rings is 1. The first-order valence-corrected chi connectivity index (χ1v) is 6.07. The molecular formula is C14H15N5. The number of aromatic amines is 1. The fourth-order valence-corrected chi connectivity index (χ4v) is 2.03. The fourth-order valence-electron chi connectivity index (χ4n) is 2.03. The number of nitrogen functional groups attached to an aromatic ring is 1. The van der Waals surface area contributed by atoms with E-state index >= 15 is 0 Å². The first-order valence-electron chi connectivity index (χ1n) is 6.07. The molecule has 0 aliphatic carbocycles. The first-order chi connectivity index (χ1) is 9.22. The van der Waals surface area contributed by atoms with Gasteiger partial charge in [0.15, 0.2) is 0 Å². The Labute approximate surface area is 111 Å². The van der Waals surface area contributed by atoms with E-state index in [1.807, 2.05) is 48.5 Å². The number of hydrogen-bond donors (Lipinski definition) is 2. The summed E-state index contributed by atoms with van der Waals surface area (Å²) >= 11 is 0. The quantitative estimate of drug-likeness (QED) is 0.702. The smallest absolute Gasteiger partial charge is 0.203 e. The fraction of sp³-hybridized carbons (Fsp3) is 0.143. The van der Waals surface area contributed by atoms with Gasteiger partial charge in [0.05, 0.1) is 11.0 Å². The Morgan fingerprint density at radius 2 is 2.21 bits per heavy atom. The topological polar surface area (TPSA) is 70.8 Å². The van der Waals surface area contributed by atoms with Gasteiger partial charge in [0.2, 0.25) is 5.95 Å². The van der Waals surface area contributed by atoms with Crippen LogP contribution in [0.1, 0.15) is 5.56 Å². The standard InChI is InChI=1S/C14H15N5/c1-19(9-10-3-2-6-16-8-10)14-17-12-5-4-11(15)7-13(12)18-14/h2-8H,9,15H2,1H3,(H,17,18). The molecule has 0 bridgehead atoms. The Balaban J connectivity index is 1.87. The van der Waals surface area contributed by atoms with E-state index in [4.69, 9.17) is 5.73 Å². The average molecular weight is 253 g/mol. The van der Waals surface area contributed by atoms with Crippen LogP contribution in [0.3, 0.4) is 0 Å². The molecule has 3 N–H and O–H groups in total. The number of hydrogen-bond acceptors (Lipinski definition) is 4. The lowest BCUT2D eigenvalue weighted by atomic mass is 10.3. The zero-order valence-electron chi connectivity index (χ0n) is 10.7. The SMILES string of the molecule is CN(Cc1cccnc1)c1nc2ccc(N)cc2[nH]1. The van der Waals surface area contributed by atoms with Gasteiger partial charge < -0.3 is 15.6 Å².